The van der Waals surface area contributed by atoms with E-state index in [1.54, 1.807) is 29.6 Å². The highest BCUT2D eigenvalue weighted by atomic mass is 16.6. The Bertz CT molecular complexity index is 896. The first-order valence-electron chi connectivity index (χ1n) is 14.8. The molecule has 0 amide bonds. The highest BCUT2D eigenvalue weighted by Crippen LogP contribution is 2.20. The van der Waals surface area contributed by atoms with Crippen molar-refractivity contribution in [1.29, 1.82) is 0 Å². The number of unbranched alkanes of at least 4 members (excludes halogenated alkanes) is 14. The van der Waals surface area contributed by atoms with Gasteiger partial charge in [0.2, 0.25) is 0 Å². The molecule has 0 spiro atoms. The maximum Gasteiger partial charge on any atom is 0.351 e. The van der Waals surface area contributed by atoms with Crippen molar-refractivity contribution in [2.24, 2.45) is 4.99 Å². The van der Waals surface area contributed by atoms with Crippen LogP contribution in [0.5, 0.6) is 0 Å². The van der Waals surface area contributed by atoms with E-state index in [1.807, 2.05) is 20.2 Å². The molecule has 1 aliphatic heterocycles. The molecule has 2 rings (SSSR count). The van der Waals surface area contributed by atoms with E-state index in [4.69, 9.17) is 9.47 Å². The Morgan fingerprint density at radius 3 is 2.11 bits per heavy atom. The summed E-state index contributed by atoms with van der Waals surface area (Å²) in [6.07, 6.45) is 25.8. The second kappa shape index (κ2) is 19.6. The minimum absolute atomic E-state index is 0.151. The monoisotopic (exact) mass is 530 g/mol. The lowest BCUT2D eigenvalue weighted by atomic mass is 10.0. The molecule has 2 atom stereocenters. The van der Waals surface area contributed by atoms with Gasteiger partial charge < -0.3 is 14.4 Å². The summed E-state index contributed by atoms with van der Waals surface area (Å²) >= 11 is 0. The Morgan fingerprint density at radius 2 is 1.55 bits per heavy atom. The summed E-state index contributed by atoms with van der Waals surface area (Å²) in [6, 6.07) is 1.66. The third kappa shape index (κ3) is 13.9. The van der Waals surface area contributed by atoms with Crippen LogP contribution in [-0.2, 0) is 14.3 Å². The summed E-state index contributed by atoms with van der Waals surface area (Å²) in [4.78, 5) is 34.3. The number of hydrogen-bond donors (Lipinski definition) is 0. The van der Waals surface area contributed by atoms with Crippen LogP contribution in [0.4, 0.5) is 5.82 Å². The van der Waals surface area contributed by atoms with Gasteiger partial charge in [-0.15, -0.1) is 0 Å². The Hall–Kier alpha value is -2.48. The number of carbonyl (C=O) groups excluding carboxylic acids is 1. The summed E-state index contributed by atoms with van der Waals surface area (Å²) < 4.78 is 12.6. The summed E-state index contributed by atoms with van der Waals surface area (Å²) in [5, 5.41) is 0. The predicted molar refractivity (Wildman–Crippen MR) is 154 cm³/mol. The Kier molecular flexibility index (Phi) is 16.3. The molecule has 0 saturated carbocycles. The second-order valence-corrected chi connectivity index (χ2v) is 10.5. The van der Waals surface area contributed by atoms with E-state index in [2.05, 4.69) is 16.9 Å². The molecule has 0 radical (unpaired) electrons. The minimum Gasteiger partial charge on any atom is -0.463 e. The van der Waals surface area contributed by atoms with Gasteiger partial charge in [-0.1, -0.05) is 103 Å². The lowest BCUT2D eigenvalue weighted by Gasteiger charge is -2.16. The van der Waals surface area contributed by atoms with Crippen LogP contribution in [0.15, 0.2) is 34.2 Å². The molecule has 2 heterocycles. The number of esters is 1. The van der Waals surface area contributed by atoms with Crippen LogP contribution in [0, 0.1) is 0 Å². The van der Waals surface area contributed by atoms with Gasteiger partial charge in [0.05, 0.1) is 6.34 Å². The summed E-state index contributed by atoms with van der Waals surface area (Å²) in [6.45, 7) is 2.42. The smallest absolute Gasteiger partial charge is 0.351 e. The van der Waals surface area contributed by atoms with E-state index in [9.17, 15) is 9.59 Å². The molecule has 214 valence electrons. The van der Waals surface area contributed by atoms with Crippen LogP contribution >= 0.6 is 0 Å². The van der Waals surface area contributed by atoms with Gasteiger partial charge in [0, 0.05) is 26.7 Å². The Morgan fingerprint density at radius 1 is 0.974 bits per heavy atom. The number of aliphatic imine (C=N–C) groups is 1. The van der Waals surface area contributed by atoms with E-state index in [1.165, 1.54) is 88.0 Å². The topological polar surface area (TPSA) is 86.0 Å². The summed E-state index contributed by atoms with van der Waals surface area (Å²) in [5.41, 5.74) is -0.445. The fourth-order valence-electron chi connectivity index (χ4n) is 4.47. The average molecular weight is 531 g/mol. The van der Waals surface area contributed by atoms with Gasteiger partial charge in [0.15, 0.2) is 12.0 Å². The fourth-order valence-corrected chi connectivity index (χ4v) is 4.47. The van der Waals surface area contributed by atoms with E-state index >= 15 is 0 Å². The number of carbonyl (C=O) groups is 1. The van der Waals surface area contributed by atoms with Crippen molar-refractivity contribution in [2.45, 2.75) is 122 Å². The minimum atomic E-state index is -0.568. The number of hydrogen-bond acceptors (Lipinski definition) is 6. The van der Waals surface area contributed by atoms with Crippen molar-refractivity contribution in [3.8, 4) is 0 Å². The summed E-state index contributed by atoms with van der Waals surface area (Å²) in [7, 11) is 3.69. The number of ether oxygens (including phenoxy) is 2. The SMILES string of the molecule is CCCCCCCCCCCCCCCCCC(=O)OC[C@@H]1C=C[C@H](n2ccc(N=CN(C)C)nc2=O)O1. The Balaban J connectivity index is 1.46. The van der Waals surface area contributed by atoms with Gasteiger partial charge in [-0.3, -0.25) is 9.36 Å². The van der Waals surface area contributed by atoms with Crippen LogP contribution in [0.25, 0.3) is 0 Å². The molecule has 0 unspecified atom stereocenters. The molecule has 0 fully saturated rings. The third-order valence-corrected chi connectivity index (χ3v) is 6.71. The average Bonchev–Trinajstić information content (AvgIpc) is 3.37. The molecule has 0 aromatic carbocycles. The van der Waals surface area contributed by atoms with Gasteiger partial charge in [0.1, 0.15) is 12.7 Å². The first kappa shape index (κ1) is 31.7. The highest BCUT2D eigenvalue weighted by molar-refractivity contribution is 5.69. The maximum atomic E-state index is 12.3. The zero-order valence-electron chi connectivity index (χ0n) is 24.0. The molecule has 8 heteroatoms. The van der Waals surface area contributed by atoms with Crippen LogP contribution in [0.2, 0.25) is 0 Å². The van der Waals surface area contributed by atoms with Gasteiger partial charge >= 0.3 is 11.7 Å². The van der Waals surface area contributed by atoms with Crippen molar-refractivity contribution in [1.82, 2.24) is 14.5 Å². The van der Waals surface area contributed by atoms with Crippen molar-refractivity contribution in [2.75, 3.05) is 20.7 Å². The quantitative estimate of drug-likeness (QED) is 0.0576. The predicted octanol–water partition coefficient (Wildman–Crippen LogP) is 6.72. The van der Waals surface area contributed by atoms with Crippen LogP contribution in [0.1, 0.15) is 116 Å². The lowest BCUT2D eigenvalue weighted by molar-refractivity contribution is -0.147. The molecule has 0 saturated heterocycles. The molecule has 1 aliphatic rings. The van der Waals surface area contributed by atoms with Crippen LogP contribution in [-0.4, -0.2) is 53.6 Å². The second-order valence-electron chi connectivity index (χ2n) is 10.5. The van der Waals surface area contributed by atoms with E-state index in [-0.39, 0.29) is 18.7 Å². The molecular weight excluding hydrogens is 480 g/mol. The van der Waals surface area contributed by atoms with E-state index < -0.39 is 11.9 Å². The normalized spacial score (nSPS) is 16.9. The van der Waals surface area contributed by atoms with Crippen molar-refractivity contribution < 1.29 is 14.3 Å². The van der Waals surface area contributed by atoms with Gasteiger partial charge in [0.25, 0.3) is 0 Å². The molecule has 1 aromatic rings. The van der Waals surface area contributed by atoms with Crippen LogP contribution in [0.3, 0.4) is 0 Å². The zero-order valence-corrected chi connectivity index (χ0v) is 24.0. The molecular formula is C30H50N4O4. The zero-order chi connectivity index (χ0) is 27.4. The molecule has 0 N–H and O–H groups in total. The van der Waals surface area contributed by atoms with Crippen molar-refractivity contribution in [3.63, 3.8) is 0 Å². The first-order valence-corrected chi connectivity index (χ1v) is 14.8. The molecule has 0 bridgehead atoms. The van der Waals surface area contributed by atoms with Gasteiger partial charge in [-0.05, 0) is 18.6 Å². The molecule has 0 aliphatic carbocycles. The van der Waals surface area contributed by atoms with Gasteiger partial charge in [-0.25, -0.2) is 9.79 Å². The largest absolute Gasteiger partial charge is 0.463 e. The molecule has 1 aromatic heterocycles. The molecule has 38 heavy (non-hydrogen) atoms. The number of aromatic nitrogens is 2. The third-order valence-electron chi connectivity index (χ3n) is 6.71. The Labute approximate surface area is 229 Å². The maximum absolute atomic E-state index is 12.3. The number of rotatable bonds is 21. The van der Waals surface area contributed by atoms with E-state index in [0.29, 0.717) is 12.2 Å². The lowest BCUT2D eigenvalue weighted by Crippen LogP contribution is -2.28. The molecule has 8 nitrogen and oxygen atoms in total. The fraction of sp³-hybridized carbons (Fsp3) is 0.733. The van der Waals surface area contributed by atoms with Crippen molar-refractivity contribution in [3.05, 3.63) is 34.9 Å². The number of nitrogens with zero attached hydrogens (tertiary/aromatic N) is 4. The van der Waals surface area contributed by atoms with E-state index in [0.717, 1.165) is 12.8 Å². The van der Waals surface area contributed by atoms with Crippen LogP contribution < -0.4 is 5.69 Å². The highest BCUT2D eigenvalue weighted by Gasteiger charge is 2.23. The van der Waals surface area contributed by atoms with Crippen molar-refractivity contribution >= 4 is 18.1 Å². The summed E-state index contributed by atoms with van der Waals surface area (Å²) in [5.74, 6) is 0.147. The van der Waals surface area contributed by atoms with Gasteiger partial charge in [-0.2, -0.15) is 4.98 Å². The first-order chi connectivity index (χ1) is 18.5. The standard InChI is InChI=1S/C30H50N4O4/c1-4-5-6-7-8-9-10-11-12-13-14-15-16-17-18-19-29(35)37-24-26-20-21-28(38-26)34-23-22-27(32-30(34)36)31-25-33(2)3/h20-23,25-26,28H,4-19,24H2,1-3H3/t26-,28+/m0/s1.